The molecule has 0 saturated heterocycles. The zero-order valence-corrected chi connectivity index (χ0v) is 21.4. The molecule has 0 amide bonds. The Morgan fingerprint density at radius 3 is 2.69 bits per heavy atom. The molecule has 8 heteroatoms. The van der Waals surface area contributed by atoms with Crippen molar-refractivity contribution < 1.29 is 4.39 Å². The van der Waals surface area contributed by atoms with E-state index in [1.165, 1.54) is 11.6 Å². The second-order valence-corrected chi connectivity index (χ2v) is 9.84. The van der Waals surface area contributed by atoms with Crippen LogP contribution in [0.2, 0.25) is 0 Å². The molecule has 5 aromatic rings. The third-order valence-electron chi connectivity index (χ3n) is 5.88. The number of allylic oxidation sites excluding steroid dienone is 4. The number of hydrogen-bond donors (Lipinski definition) is 2. The standard InChI is InChI=1S/C28H27FN6S/c1-5-7-17(16-35(3)4)12-18(6-2)19-8-9-22-20(13-19)27(34-33-22)28-31-23-15-30-14-21(26(23)32-28)24-10-11-25(29)36-24/h5-15H,16H2,1-4H3,(H,31,32)(H,33,34)/b7-5+,17-12+,18-6+. The number of benzene rings is 1. The van der Waals surface area contributed by atoms with Crippen LogP contribution in [0.1, 0.15) is 19.4 Å². The number of aromatic nitrogens is 5. The van der Waals surface area contributed by atoms with Crippen LogP contribution in [0.25, 0.3) is 49.5 Å². The van der Waals surface area contributed by atoms with E-state index in [9.17, 15) is 4.39 Å². The van der Waals surface area contributed by atoms with Gasteiger partial charge in [-0.15, -0.1) is 11.3 Å². The minimum absolute atomic E-state index is 0.236. The van der Waals surface area contributed by atoms with Crippen LogP contribution in [-0.2, 0) is 0 Å². The summed E-state index contributed by atoms with van der Waals surface area (Å²) >= 11 is 1.08. The smallest absolute Gasteiger partial charge is 0.176 e. The zero-order valence-electron chi connectivity index (χ0n) is 20.6. The van der Waals surface area contributed by atoms with Crippen molar-refractivity contribution in [3.05, 3.63) is 83.3 Å². The van der Waals surface area contributed by atoms with Gasteiger partial charge in [0.2, 0.25) is 0 Å². The first kappa shape index (κ1) is 23.8. The monoisotopic (exact) mass is 498 g/mol. The Hall–Kier alpha value is -3.88. The van der Waals surface area contributed by atoms with Crippen molar-refractivity contribution in [3.63, 3.8) is 0 Å². The molecule has 36 heavy (non-hydrogen) atoms. The average molecular weight is 499 g/mol. The molecule has 0 unspecified atom stereocenters. The van der Waals surface area contributed by atoms with Crippen molar-refractivity contribution >= 4 is 38.8 Å². The number of fused-ring (bicyclic) bond motifs is 2. The molecule has 4 heterocycles. The lowest BCUT2D eigenvalue weighted by Crippen LogP contribution is -2.14. The summed E-state index contributed by atoms with van der Waals surface area (Å²) in [6.07, 6.45) is 12.0. The fourth-order valence-electron chi connectivity index (χ4n) is 4.32. The largest absolute Gasteiger partial charge is 0.335 e. The highest BCUT2D eigenvalue weighted by molar-refractivity contribution is 7.14. The Morgan fingerprint density at radius 2 is 1.97 bits per heavy atom. The third-order valence-corrected chi connectivity index (χ3v) is 6.79. The molecular weight excluding hydrogens is 471 g/mol. The lowest BCUT2D eigenvalue weighted by atomic mass is 10.00. The molecule has 0 aliphatic heterocycles. The Kier molecular flexibility index (Phi) is 6.63. The van der Waals surface area contributed by atoms with Gasteiger partial charge in [-0.3, -0.25) is 10.1 Å². The number of thiophene rings is 1. The normalized spacial score (nSPS) is 13.2. The van der Waals surface area contributed by atoms with Gasteiger partial charge in [0.1, 0.15) is 11.2 Å². The predicted octanol–water partition coefficient (Wildman–Crippen LogP) is 6.84. The summed E-state index contributed by atoms with van der Waals surface area (Å²) in [5.41, 5.74) is 7.43. The van der Waals surface area contributed by atoms with Crippen molar-refractivity contribution in [2.75, 3.05) is 20.6 Å². The first-order chi connectivity index (χ1) is 17.5. The number of aromatic amines is 2. The number of imidazole rings is 1. The molecule has 6 nitrogen and oxygen atoms in total. The van der Waals surface area contributed by atoms with E-state index in [4.69, 9.17) is 4.98 Å². The molecule has 5 rings (SSSR count). The second-order valence-electron chi connectivity index (χ2n) is 8.81. The van der Waals surface area contributed by atoms with Crippen LogP contribution in [-0.4, -0.2) is 50.7 Å². The van der Waals surface area contributed by atoms with E-state index in [1.807, 2.05) is 13.0 Å². The molecule has 0 aliphatic rings. The van der Waals surface area contributed by atoms with E-state index in [-0.39, 0.29) is 5.13 Å². The van der Waals surface area contributed by atoms with Crippen LogP contribution in [0.5, 0.6) is 0 Å². The maximum atomic E-state index is 13.7. The highest BCUT2D eigenvalue weighted by atomic mass is 32.1. The summed E-state index contributed by atoms with van der Waals surface area (Å²) in [5, 5.41) is 8.43. The topological polar surface area (TPSA) is 73.5 Å². The lowest BCUT2D eigenvalue weighted by molar-refractivity contribution is 0.449. The van der Waals surface area contributed by atoms with Crippen molar-refractivity contribution in [1.29, 1.82) is 0 Å². The molecule has 2 N–H and O–H groups in total. The van der Waals surface area contributed by atoms with Crippen LogP contribution < -0.4 is 0 Å². The number of pyridine rings is 1. The van der Waals surface area contributed by atoms with E-state index in [0.717, 1.165) is 67.1 Å². The van der Waals surface area contributed by atoms with Gasteiger partial charge < -0.3 is 9.88 Å². The van der Waals surface area contributed by atoms with Crippen LogP contribution >= 0.6 is 11.3 Å². The predicted molar refractivity (Wildman–Crippen MR) is 147 cm³/mol. The molecule has 0 atom stereocenters. The highest BCUT2D eigenvalue weighted by Gasteiger charge is 2.17. The van der Waals surface area contributed by atoms with Gasteiger partial charge >= 0.3 is 0 Å². The quantitative estimate of drug-likeness (QED) is 0.241. The number of nitrogens with zero attached hydrogens (tertiary/aromatic N) is 4. The fraction of sp³-hybridized carbons (Fsp3) is 0.179. The molecule has 0 fully saturated rings. The molecule has 0 bridgehead atoms. The first-order valence-electron chi connectivity index (χ1n) is 11.7. The summed E-state index contributed by atoms with van der Waals surface area (Å²) in [4.78, 5) is 15.5. The van der Waals surface area contributed by atoms with Crippen LogP contribution in [0, 0.1) is 5.13 Å². The second kappa shape index (κ2) is 10.0. The Labute approximate surface area is 212 Å². The third kappa shape index (κ3) is 4.65. The average Bonchev–Trinajstić information content (AvgIpc) is 3.59. The fourth-order valence-corrected chi connectivity index (χ4v) is 5.06. The summed E-state index contributed by atoms with van der Waals surface area (Å²) in [6, 6.07) is 9.51. The van der Waals surface area contributed by atoms with E-state index in [0.29, 0.717) is 5.82 Å². The molecule has 4 aromatic heterocycles. The minimum Gasteiger partial charge on any atom is -0.335 e. The Bertz CT molecular complexity index is 1630. The zero-order chi connectivity index (χ0) is 25.2. The van der Waals surface area contributed by atoms with Gasteiger partial charge in [0.05, 0.1) is 17.2 Å². The first-order valence-corrected chi connectivity index (χ1v) is 12.5. The van der Waals surface area contributed by atoms with Crippen molar-refractivity contribution in [2.24, 2.45) is 0 Å². The summed E-state index contributed by atoms with van der Waals surface area (Å²) < 4.78 is 13.7. The van der Waals surface area contributed by atoms with Crippen molar-refractivity contribution in [3.8, 4) is 22.0 Å². The number of hydrogen-bond acceptors (Lipinski definition) is 5. The van der Waals surface area contributed by atoms with Gasteiger partial charge in [0.15, 0.2) is 11.0 Å². The highest BCUT2D eigenvalue weighted by Crippen LogP contribution is 2.34. The Balaban J connectivity index is 1.58. The van der Waals surface area contributed by atoms with E-state index in [1.54, 1.807) is 18.5 Å². The maximum absolute atomic E-state index is 13.7. The van der Waals surface area contributed by atoms with Crippen LogP contribution in [0.15, 0.2) is 72.6 Å². The van der Waals surface area contributed by atoms with Crippen LogP contribution in [0.3, 0.4) is 0 Å². The molecule has 182 valence electrons. The van der Waals surface area contributed by atoms with E-state index in [2.05, 4.69) is 82.5 Å². The van der Waals surface area contributed by atoms with Gasteiger partial charge in [-0.05, 0) is 68.9 Å². The summed E-state index contributed by atoms with van der Waals surface area (Å²) in [6.45, 7) is 4.94. The number of rotatable bonds is 7. The molecule has 1 aromatic carbocycles. The molecule has 0 spiro atoms. The van der Waals surface area contributed by atoms with Gasteiger partial charge in [-0.1, -0.05) is 30.4 Å². The molecule has 0 aliphatic carbocycles. The number of halogens is 1. The summed E-state index contributed by atoms with van der Waals surface area (Å²) in [7, 11) is 4.14. The molecular formula is C28H27FN6S. The van der Waals surface area contributed by atoms with Crippen LogP contribution in [0.4, 0.5) is 4.39 Å². The van der Waals surface area contributed by atoms with Crippen molar-refractivity contribution in [2.45, 2.75) is 13.8 Å². The Morgan fingerprint density at radius 1 is 1.11 bits per heavy atom. The van der Waals surface area contributed by atoms with Gasteiger partial charge in [0, 0.05) is 28.6 Å². The molecule has 0 saturated carbocycles. The van der Waals surface area contributed by atoms with Gasteiger partial charge in [-0.2, -0.15) is 9.49 Å². The van der Waals surface area contributed by atoms with Gasteiger partial charge in [-0.25, -0.2) is 4.98 Å². The lowest BCUT2D eigenvalue weighted by Gasteiger charge is -2.12. The van der Waals surface area contributed by atoms with E-state index < -0.39 is 0 Å². The minimum atomic E-state index is -0.236. The SMILES string of the molecule is C/C=C/C(=C\C(=C/C)c1ccc2[nH]nc(-c3nc4c(-c5ccc(F)s5)cncc4[nH]3)c2c1)CN(C)C. The number of likely N-dealkylation sites (N-methyl/N-ethyl adjacent to an activating group) is 1. The van der Waals surface area contributed by atoms with E-state index >= 15 is 0 Å². The van der Waals surface area contributed by atoms with Crippen molar-refractivity contribution in [1.82, 2.24) is 30.0 Å². The van der Waals surface area contributed by atoms with Gasteiger partial charge in [0.25, 0.3) is 0 Å². The number of H-pyrrole nitrogens is 2. The maximum Gasteiger partial charge on any atom is 0.176 e. The number of nitrogens with one attached hydrogen (secondary N) is 2. The summed E-state index contributed by atoms with van der Waals surface area (Å²) in [5.74, 6) is 0.638. The molecule has 0 radical (unpaired) electrons.